The molecule has 1 heterocycles. The van der Waals surface area contributed by atoms with Gasteiger partial charge in [0.2, 0.25) is 0 Å². The molecule has 0 unspecified atom stereocenters. The van der Waals surface area contributed by atoms with Crippen LogP contribution in [0.2, 0.25) is 0 Å². The maximum absolute atomic E-state index is 10.7. The Morgan fingerprint density at radius 1 is 1.39 bits per heavy atom. The Bertz CT molecular complexity index is 537. The molecule has 1 aromatic carbocycles. The van der Waals surface area contributed by atoms with Crippen LogP contribution in [0.1, 0.15) is 6.92 Å². The monoisotopic (exact) mass is 268 g/mol. The number of ether oxygens (including phenoxy) is 1. The van der Waals surface area contributed by atoms with Crippen molar-refractivity contribution < 1.29 is 9.53 Å². The van der Waals surface area contributed by atoms with Crippen molar-refractivity contribution in [3.8, 4) is 0 Å². The van der Waals surface area contributed by atoms with Crippen molar-refractivity contribution >= 4 is 35.0 Å². The maximum atomic E-state index is 10.7. The summed E-state index contributed by atoms with van der Waals surface area (Å²) in [6.45, 7) is 2.52. The maximum Gasteiger partial charge on any atom is 0.302 e. The van der Waals surface area contributed by atoms with Crippen molar-refractivity contribution in [1.29, 1.82) is 0 Å². The van der Waals surface area contributed by atoms with Crippen LogP contribution in [0.15, 0.2) is 30.5 Å². The molecule has 18 heavy (non-hydrogen) atoms. The molecule has 0 saturated carbocycles. The third kappa shape index (κ3) is 3.17. The first-order valence-corrected chi connectivity index (χ1v) is 5.60. The van der Waals surface area contributed by atoms with Crippen molar-refractivity contribution in [1.82, 2.24) is 4.57 Å². The van der Waals surface area contributed by atoms with Crippen LogP contribution in [0.4, 0.5) is 5.69 Å². The van der Waals surface area contributed by atoms with E-state index >= 15 is 0 Å². The molecule has 2 aromatic rings. The average molecular weight is 269 g/mol. The number of fused-ring (bicyclic) bond motifs is 1. The average Bonchev–Trinajstić information content (AvgIpc) is 2.71. The van der Waals surface area contributed by atoms with Gasteiger partial charge in [0, 0.05) is 36.8 Å². The first-order chi connectivity index (χ1) is 8.20. The molecule has 5 heteroatoms. The lowest BCUT2D eigenvalue weighted by atomic mass is 10.2. The summed E-state index contributed by atoms with van der Waals surface area (Å²) in [5.74, 6) is -0.237. The molecule has 0 amide bonds. The summed E-state index contributed by atoms with van der Waals surface area (Å²) < 4.78 is 7.02. The zero-order valence-electron chi connectivity index (χ0n) is 10.5. The van der Waals surface area contributed by atoms with E-state index in [-0.39, 0.29) is 18.4 Å². The van der Waals surface area contributed by atoms with Gasteiger partial charge in [-0.05, 0) is 24.3 Å². The largest absolute Gasteiger partial charge is 0.464 e. The van der Waals surface area contributed by atoms with Gasteiger partial charge in [0.25, 0.3) is 0 Å². The van der Waals surface area contributed by atoms with E-state index in [0.29, 0.717) is 13.2 Å². The van der Waals surface area contributed by atoms with E-state index in [1.165, 1.54) is 12.3 Å². The fourth-order valence-corrected chi connectivity index (χ4v) is 1.84. The molecule has 0 spiro atoms. The molecule has 1 N–H and O–H groups in total. The van der Waals surface area contributed by atoms with Gasteiger partial charge in [0.05, 0.1) is 6.54 Å². The van der Waals surface area contributed by atoms with Crippen molar-refractivity contribution in [2.24, 2.45) is 0 Å². The van der Waals surface area contributed by atoms with Gasteiger partial charge in [-0.15, -0.1) is 12.4 Å². The summed E-state index contributed by atoms with van der Waals surface area (Å²) in [7, 11) is 1.90. The van der Waals surface area contributed by atoms with E-state index in [4.69, 9.17) is 4.74 Å². The molecule has 0 saturated heterocycles. The SMILES string of the molecule is CNc1ccc2c(ccn2CCOC(C)=O)c1.Cl. The van der Waals surface area contributed by atoms with E-state index in [1.54, 1.807) is 0 Å². The number of carbonyl (C=O) groups is 1. The summed E-state index contributed by atoms with van der Waals surface area (Å²) in [6.07, 6.45) is 2.01. The number of nitrogens with one attached hydrogen (secondary N) is 1. The molecule has 4 nitrogen and oxygen atoms in total. The number of hydrogen-bond acceptors (Lipinski definition) is 3. The van der Waals surface area contributed by atoms with E-state index in [9.17, 15) is 4.79 Å². The van der Waals surface area contributed by atoms with Crippen molar-refractivity contribution in [2.45, 2.75) is 13.5 Å². The molecule has 0 radical (unpaired) electrons. The predicted octanol–water partition coefficient (Wildman–Crippen LogP) is 2.67. The second-order valence-electron chi connectivity index (χ2n) is 3.87. The number of rotatable bonds is 4. The fraction of sp³-hybridized carbons (Fsp3) is 0.308. The molecule has 0 aliphatic rings. The zero-order valence-corrected chi connectivity index (χ0v) is 11.3. The Labute approximate surface area is 112 Å². The van der Waals surface area contributed by atoms with Gasteiger partial charge in [0.15, 0.2) is 0 Å². The summed E-state index contributed by atoms with van der Waals surface area (Å²) in [5.41, 5.74) is 2.24. The Morgan fingerprint density at radius 3 is 2.83 bits per heavy atom. The Balaban J connectivity index is 0.00000162. The highest BCUT2D eigenvalue weighted by Gasteiger charge is 2.02. The fourth-order valence-electron chi connectivity index (χ4n) is 1.84. The van der Waals surface area contributed by atoms with Crippen LogP contribution in [0, 0.1) is 0 Å². The molecular formula is C13H17ClN2O2. The third-order valence-electron chi connectivity index (χ3n) is 2.70. The minimum atomic E-state index is -0.237. The van der Waals surface area contributed by atoms with E-state index < -0.39 is 0 Å². The number of esters is 1. The molecule has 0 bridgehead atoms. The number of hydrogen-bond donors (Lipinski definition) is 1. The topological polar surface area (TPSA) is 43.3 Å². The van der Waals surface area contributed by atoms with Gasteiger partial charge in [-0.3, -0.25) is 4.79 Å². The highest BCUT2D eigenvalue weighted by molar-refractivity contribution is 5.85. The quantitative estimate of drug-likeness (QED) is 0.867. The Hall–Kier alpha value is -1.68. The highest BCUT2D eigenvalue weighted by atomic mass is 35.5. The summed E-state index contributed by atoms with van der Waals surface area (Å²) in [4.78, 5) is 10.7. The van der Waals surface area contributed by atoms with Crippen LogP contribution in [-0.4, -0.2) is 24.2 Å². The van der Waals surface area contributed by atoms with E-state index in [1.807, 2.05) is 19.3 Å². The molecular weight excluding hydrogens is 252 g/mol. The van der Waals surface area contributed by atoms with Gasteiger partial charge >= 0.3 is 5.97 Å². The van der Waals surface area contributed by atoms with Crippen LogP contribution in [0.5, 0.6) is 0 Å². The van der Waals surface area contributed by atoms with Gasteiger partial charge in [-0.1, -0.05) is 0 Å². The zero-order chi connectivity index (χ0) is 12.3. The molecule has 98 valence electrons. The second kappa shape index (κ2) is 6.31. The smallest absolute Gasteiger partial charge is 0.302 e. The summed E-state index contributed by atoms with van der Waals surface area (Å²) >= 11 is 0. The van der Waals surface area contributed by atoms with Crippen LogP contribution in [-0.2, 0) is 16.1 Å². The lowest BCUT2D eigenvalue weighted by Crippen LogP contribution is -2.07. The number of halogens is 1. The molecule has 0 aliphatic carbocycles. The molecule has 0 aliphatic heterocycles. The van der Waals surface area contributed by atoms with Gasteiger partial charge in [-0.25, -0.2) is 0 Å². The number of carbonyl (C=O) groups excluding carboxylic acids is 1. The highest BCUT2D eigenvalue weighted by Crippen LogP contribution is 2.20. The van der Waals surface area contributed by atoms with Crippen molar-refractivity contribution in [3.05, 3.63) is 30.5 Å². The molecule has 0 atom stereocenters. The molecule has 0 fully saturated rings. The van der Waals surface area contributed by atoms with Gasteiger partial charge in [-0.2, -0.15) is 0 Å². The number of nitrogens with zero attached hydrogens (tertiary/aromatic N) is 1. The van der Waals surface area contributed by atoms with Crippen LogP contribution < -0.4 is 5.32 Å². The lowest BCUT2D eigenvalue weighted by Gasteiger charge is -2.06. The Morgan fingerprint density at radius 2 is 2.17 bits per heavy atom. The molecule has 2 rings (SSSR count). The van der Waals surface area contributed by atoms with Gasteiger partial charge < -0.3 is 14.6 Å². The van der Waals surface area contributed by atoms with Gasteiger partial charge in [0.1, 0.15) is 6.61 Å². The lowest BCUT2D eigenvalue weighted by molar-refractivity contribution is -0.141. The van der Waals surface area contributed by atoms with Crippen molar-refractivity contribution in [2.75, 3.05) is 19.0 Å². The van der Waals surface area contributed by atoms with E-state index in [0.717, 1.165) is 11.2 Å². The predicted molar refractivity (Wildman–Crippen MR) is 75.4 cm³/mol. The van der Waals surface area contributed by atoms with Crippen molar-refractivity contribution in [3.63, 3.8) is 0 Å². The normalized spacial score (nSPS) is 9.89. The minimum Gasteiger partial charge on any atom is -0.464 e. The number of benzene rings is 1. The van der Waals surface area contributed by atoms with Crippen LogP contribution >= 0.6 is 12.4 Å². The number of aromatic nitrogens is 1. The first kappa shape index (κ1) is 14.4. The van der Waals surface area contributed by atoms with Crippen LogP contribution in [0.3, 0.4) is 0 Å². The summed E-state index contributed by atoms with van der Waals surface area (Å²) in [5, 5.41) is 4.29. The minimum absolute atomic E-state index is 0. The standard InChI is InChI=1S/C13H16N2O2.ClH/c1-10(16)17-8-7-15-6-5-11-9-12(14-2)3-4-13(11)15;/h3-6,9,14H,7-8H2,1-2H3;1H. The molecule has 1 aromatic heterocycles. The number of anilines is 1. The van der Waals surface area contributed by atoms with Crippen LogP contribution in [0.25, 0.3) is 10.9 Å². The second-order valence-corrected chi connectivity index (χ2v) is 3.87. The van der Waals surface area contributed by atoms with E-state index in [2.05, 4.69) is 28.1 Å². The third-order valence-corrected chi connectivity index (χ3v) is 2.70. The first-order valence-electron chi connectivity index (χ1n) is 5.60. The summed E-state index contributed by atoms with van der Waals surface area (Å²) in [6, 6.07) is 8.25. The Kier molecular flexibility index (Phi) is 5.04.